The molecule has 6 rings (SSSR count). The number of methoxy groups -OCH3 is 1. The van der Waals surface area contributed by atoms with Crippen LogP contribution in [-0.4, -0.2) is 36.8 Å². The molecule has 44 heavy (non-hydrogen) atoms. The zero-order valence-electron chi connectivity index (χ0n) is 26.0. The van der Waals surface area contributed by atoms with Gasteiger partial charge in [0.1, 0.15) is 16.6 Å². The van der Waals surface area contributed by atoms with Crippen molar-refractivity contribution in [1.82, 2.24) is 15.3 Å². The molecule has 0 radical (unpaired) electrons. The molecule has 2 aromatic heterocycles. The van der Waals surface area contributed by atoms with E-state index in [9.17, 15) is 9.65 Å². The summed E-state index contributed by atoms with van der Waals surface area (Å²) in [6.07, 6.45) is 10.5. The fourth-order valence-corrected chi connectivity index (χ4v) is 7.48. The van der Waals surface area contributed by atoms with E-state index < -0.39 is 17.7 Å². The van der Waals surface area contributed by atoms with E-state index in [0.29, 0.717) is 40.5 Å². The lowest BCUT2D eigenvalue weighted by Crippen LogP contribution is -2.25. The normalized spacial score (nSPS) is 19.5. The second-order valence-electron chi connectivity index (χ2n) is 12.0. The number of nitrogens with zero attached hydrogens (tertiary/aromatic N) is 4. The van der Waals surface area contributed by atoms with Gasteiger partial charge in [-0.05, 0) is 42.2 Å². The molecule has 1 fully saturated rings. The summed E-state index contributed by atoms with van der Waals surface area (Å²) in [4.78, 5) is 11.5. The molecule has 0 saturated carbocycles. The first-order valence-corrected chi connectivity index (χ1v) is 16.4. The third-order valence-electron chi connectivity index (χ3n) is 8.75. The smallest absolute Gasteiger partial charge is 0.225 e. The summed E-state index contributed by atoms with van der Waals surface area (Å²) in [5.41, 5.74) is 8.55. The minimum absolute atomic E-state index is 0.164. The number of nitrogen functional groups attached to an aromatic ring is 1. The van der Waals surface area contributed by atoms with Crippen LogP contribution in [0.4, 0.5) is 19.7 Å². The van der Waals surface area contributed by atoms with Gasteiger partial charge >= 0.3 is 0 Å². The van der Waals surface area contributed by atoms with Crippen LogP contribution in [0.1, 0.15) is 98.0 Å². The fraction of sp³-hybridized carbons (Fsp3) is 0.545. The lowest BCUT2D eigenvalue weighted by atomic mass is 9.87. The van der Waals surface area contributed by atoms with Crippen LogP contribution in [0.2, 0.25) is 0 Å². The Morgan fingerprint density at radius 3 is 2.70 bits per heavy atom. The Hall–Kier alpha value is -3.33. The van der Waals surface area contributed by atoms with E-state index in [2.05, 4.69) is 47.0 Å². The second-order valence-corrected chi connectivity index (χ2v) is 13.0. The molecule has 1 aromatic carbocycles. The highest BCUT2D eigenvalue weighted by atomic mass is 32.1. The van der Waals surface area contributed by atoms with Gasteiger partial charge in [0.2, 0.25) is 5.95 Å². The number of hydrogen-bond donors (Lipinski definition) is 2. The predicted molar refractivity (Wildman–Crippen MR) is 171 cm³/mol. The third-order valence-corrected chi connectivity index (χ3v) is 9.80. The van der Waals surface area contributed by atoms with Gasteiger partial charge in [-0.2, -0.15) is 5.26 Å². The molecule has 5 heterocycles. The first-order valence-electron chi connectivity index (χ1n) is 15.6. The molecule has 0 spiro atoms. The molecule has 0 amide bonds. The van der Waals surface area contributed by atoms with E-state index in [4.69, 9.17) is 15.2 Å². The molecule has 236 valence electrons. The molecular formula is C33H42F2N6O2S. The first-order chi connectivity index (χ1) is 21.3. The lowest BCUT2D eigenvalue weighted by molar-refractivity contribution is 0.134. The molecule has 3 N–H and O–H groups in total. The summed E-state index contributed by atoms with van der Waals surface area (Å²) in [5, 5.41) is 13.5. The molecule has 3 atom stereocenters. The van der Waals surface area contributed by atoms with Crippen LogP contribution in [0.15, 0.2) is 12.4 Å². The van der Waals surface area contributed by atoms with Gasteiger partial charge in [-0.25, -0.2) is 18.7 Å². The largest absolute Gasteiger partial charge is 0.389 e. The van der Waals surface area contributed by atoms with Crippen LogP contribution >= 0.6 is 11.3 Å². The van der Waals surface area contributed by atoms with Crippen LogP contribution in [0.25, 0.3) is 16.7 Å². The number of unbranched alkanes of at least 4 members (excludes halogenated alkanes) is 1. The van der Waals surface area contributed by atoms with Gasteiger partial charge in [-0.1, -0.05) is 40.0 Å². The van der Waals surface area contributed by atoms with Gasteiger partial charge in [0.25, 0.3) is 0 Å². The number of nitrogens with two attached hydrogens (primary N) is 1. The number of halogens is 2. The highest BCUT2D eigenvalue weighted by Gasteiger charge is 2.36. The van der Waals surface area contributed by atoms with Crippen molar-refractivity contribution in [2.24, 2.45) is 11.8 Å². The number of thiophene rings is 1. The average molecular weight is 625 g/mol. The van der Waals surface area contributed by atoms with Crippen LogP contribution in [-0.2, 0) is 22.7 Å². The lowest BCUT2D eigenvalue weighted by Gasteiger charge is -2.26. The Morgan fingerprint density at radius 1 is 1.23 bits per heavy atom. The molecule has 3 aliphatic rings. The van der Waals surface area contributed by atoms with Gasteiger partial charge in [-0.15, -0.1) is 11.3 Å². The quantitative estimate of drug-likeness (QED) is 0.254. The standard InChI is InChI=1S/C23H20F2N6OS.C10H22O/c1-10-2-3-31(7-10)23-29-5-12-13-8-32-9-14(13)16(18(25)19(12)30-23)20-17-11(4-26)22(27)33-21(17)15(24)6-28-20;1-4-6-8-10(7-5-2)9-11-3/h5-6,10,20,28H,2-3,7-9,27H2,1H3;10H,4-9H2,1-3H3. The Bertz CT molecular complexity index is 1560. The van der Waals surface area contributed by atoms with Gasteiger partial charge in [0.05, 0.1) is 29.7 Å². The molecule has 8 nitrogen and oxygen atoms in total. The highest BCUT2D eigenvalue weighted by Crippen LogP contribution is 2.47. The summed E-state index contributed by atoms with van der Waals surface area (Å²) >= 11 is 0.996. The van der Waals surface area contributed by atoms with E-state index >= 15 is 4.39 Å². The summed E-state index contributed by atoms with van der Waals surface area (Å²) in [6, 6.07) is 1.28. The summed E-state index contributed by atoms with van der Waals surface area (Å²) < 4.78 is 41.7. The van der Waals surface area contributed by atoms with E-state index in [1.807, 2.05) is 0 Å². The van der Waals surface area contributed by atoms with Crippen molar-refractivity contribution in [3.05, 3.63) is 50.9 Å². The van der Waals surface area contributed by atoms with Crippen molar-refractivity contribution in [3.63, 3.8) is 0 Å². The second kappa shape index (κ2) is 14.2. The third kappa shape index (κ3) is 6.25. The number of fused-ring (bicyclic) bond motifs is 4. The minimum atomic E-state index is -0.784. The number of hydrogen-bond acceptors (Lipinski definition) is 9. The zero-order valence-corrected chi connectivity index (χ0v) is 26.8. The molecule has 1 saturated heterocycles. The van der Waals surface area contributed by atoms with Crippen molar-refractivity contribution in [3.8, 4) is 6.07 Å². The highest BCUT2D eigenvalue weighted by molar-refractivity contribution is 7.17. The average Bonchev–Trinajstić information content (AvgIpc) is 3.76. The van der Waals surface area contributed by atoms with E-state index in [1.54, 1.807) is 13.3 Å². The monoisotopic (exact) mass is 624 g/mol. The minimum Gasteiger partial charge on any atom is -0.389 e. The summed E-state index contributed by atoms with van der Waals surface area (Å²) in [5.74, 6) is 0.790. The molecule has 3 unspecified atom stereocenters. The SMILES string of the molecule is CC1CCN(c2ncc3c4c(c(C5NC=C(F)c6sc(N)c(C#N)c65)c(F)c3n2)COC4)C1.CCCCC(CCC)COC. The Balaban J connectivity index is 0.000000301. The molecule has 3 aromatic rings. The Kier molecular flexibility index (Phi) is 10.3. The summed E-state index contributed by atoms with van der Waals surface area (Å²) in [7, 11) is 1.80. The van der Waals surface area contributed by atoms with Crippen LogP contribution in [0, 0.1) is 29.0 Å². The van der Waals surface area contributed by atoms with Crippen molar-refractivity contribution in [2.45, 2.75) is 78.6 Å². The number of anilines is 2. The number of ether oxygens (including phenoxy) is 2. The Morgan fingerprint density at radius 2 is 2.02 bits per heavy atom. The summed E-state index contributed by atoms with van der Waals surface area (Å²) in [6.45, 7) is 9.78. The maximum atomic E-state index is 16.3. The number of aromatic nitrogens is 2. The van der Waals surface area contributed by atoms with Gasteiger partial charge < -0.3 is 25.4 Å². The van der Waals surface area contributed by atoms with Crippen molar-refractivity contribution < 1.29 is 18.3 Å². The first kappa shape index (κ1) is 32.1. The van der Waals surface area contributed by atoms with E-state index in [1.165, 1.54) is 38.3 Å². The van der Waals surface area contributed by atoms with Crippen LogP contribution < -0.4 is 16.0 Å². The van der Waals surface area contributed by atoms with E-state index in [0.717, 1.165) is 48.9 Å². The zero-order chi connectivity index (χ0) is 31.4. The number of rotatable bonds is 9. The van der Waals surface area contributed by atoms with Gasteiger partial charge in [0, 0.05) is 55.7 Å². The van der Waals surface area contributed by atoms with Gasteiger partial charge in [-0.3, -0.25) is 0 Å². The maximum Gasteiger partial charge on any atom is 0.225 e. The molecular weight excluding hydrogens is 582 g/mol. The molecule has 11 heteroatoms. The maximum absolute atomic E-state index is 16.3. The van der Waals surface area contributed by atoms with Crippen LogP contribution in [0.5, 0.6) is 0 Å². The van der Waals surface area contributed by atoms with Crippen molar-refractivity contribution >= 4 is 39.0 Å². The molecule has 0 bridgehead atoms. The van der Waals surface area contributed by atoms with Gasteiger partial charge in [0.15, 0.2) is 11.6 Å². The number of nitrogens with one attached hydrogen (secondary N) is 1. The van der Waals surface area contributed by atoms with Crippen LogP contribution in [0.3, 0.4) is 0 Å². The molecule has 3 aliphatic heterocycles. The number of benzene rings is 1. The fourth-order valence-electron chi connectivity index (χ4n) is 6.51. The molecule has 0 aliphatic carbocycles. The predicted octanol–water partition coefficient (Wildman–Crippen LogP) is 7.36. The Labute approximate surface area is 262 Å². The number of nitriles is 1. The topological polar surface area (TPSA) is 109 Å². The van der Waals surface area contributed by atoms with E-state index in [-0.39, 0.29) is 27.6 Å². The van der Waals surface area contributed by atoms with Crippen molar-refractivity contribution in [1.29, 1.82) is 5.26 Å². The van der Waals surface area contributed by atoms with Crippen molar-refractivity contribution in [2.75, 3.05) is 37.4 Å².